The van der Waals surface area contributed by atoms with Crippen molar-refractivity contribution in [2.24, 2.45) is 0 Å². The lowest BCUT2D eigenvalue weighted by Crippen LogP contribution is -2.26. The number of nitrogens with zero attached hydrogens (tertiary/aromatic N) is 5. The number of hydrogen-bond donors (Lipinski definition) is 2. The third kappa shape index (κ3) is 3.78. The van der Waals surface area contributed by atoms with Crippen molar-refractivity contribution in [3.05, 3.63) is 76.6 Å². The zero-order valence-corrected chi connectivity index (χ0v) is 17.5. The average Bonchev–Trinajstić information content (AvgIpc) is 3.22. The smallest absolute Gasteiger partial charge is 0.382 e. The number of hydrogen-bond acceptors (Lipinski definition) is 7. The third-order valence-electron chi connectivity index (χ3n) is 4.93. The molecule has 0 amide bonds. The lowest BCUT2D eigenvalue weighted by Gasteiger charge is -2.18. The topological polar surface area (TPSA) is 115 Å². The zero-order chi connectivity index (χ0) is 23.2. The Morgan fingerprint density at radius 3 is 2.58 bits per heavy atom. The number of nitrogen functional groups attached to an aromatic ring is 1. The van der Waals surface area contributed by atoms with E-state index in [2.05, 4.69) is 24.9 Å². The van der Waals surface area contributed by atoms with E-state index in [9.17, 15) is 18.0 Å². The number of imidazole rings is 1. The highest BCUT2D eigenvalue weighted by atomic mass is 32.2. The maximum atomic E-state index is 13.7. The van der Waals surface area contributed by atoms with Crippen LogP contribution in [-0.4, -0.2) is 29.5 Å². The highest BCUT2D eigenvalue weighted by Gasteiger charge is 2.34. The van der Waals surface area contributed by atoms with Crippen LogP contribution >= 0.6 is 11.8 Å². The number of halogens is 3. The van der Waals surface area contributed by atoms with E-state index in [0.717, 1.165) is 22.4 Å². The molecule has 0 spiro atoms. The number of aromatic amines is 1. The van der Waals surface area contributed by atoms with Gasteiger partial charge in [-0.05, 0) is 24.3 Å². The Balaban J connectivity index is 1.65. The van der Waals surface area contributed by atoms with E-state index in [1.54, 1.807) is 18.2 Å². The molecule has 5 rings (SSSR count). The van der Waals surface area contributed by atoms with Gasteiger partial charge in [-0.3, -0.25) is 9.36 Å². The molecule has 166 valence electrons. The molecule has 8 nitrogen and oxygen atoms in total. The number of aromatic nitrogens is 6. The van der Waals surface area contributed by atoms with E-state index in [4.69, 9.17) is 5.73 Å². The monoisotopic (exact) mass is 469 g/mol. The van der Waals surface area contributed by atoms with E-state index in [1.165, 1.54) is 30.6 Å². The van der Waals surface area contributed by atoms with Crippen LogP contribution in [0, 0.1) is 0 Å². The summed E-state index contributed by atoms with van der Waals surface area (Å²) in [5.74, 6) is 0.415. The van der Waals surface area contributed by atoms with Crippen LogP contribution in [0.1, 0.15) is 11.4 Å². The first kappa shape index (κ1) is 20.9. The maximum Gasteiger partial charge on any atom is 0.418 e. The molecule has 0 aliphatic heterocycles. The van der Waals surface area contributed by atoms with E-state index in [-0.39, 0.29) is 28.5 Å². The Labute approximate surface area is 187 Å². The maximum absolute atomic E-state index is 13.7. The quantitative estimate of drug-likeness (QED) is 0.383. The molecule has 3 heterocycles. The van der Waals surface area contributed by atoms with Crippen molar-refractivity contribution in [2.75, 3.05) is 5.73 Å². The fourth-order valence-electron chi connectivity index (χ4n) is 3.46. The number of H-pyrrole nitrogens is 1. The van der Waals surface area contributed by atoms with Gasteiger partial charge in [0.1, 0.15) is 17.7 Å². The standard InChI is InChI=1S/C21H14F3N7OS/c22-21(23,24)12-6-2-4-8-14(12)31-15(28-13-7-3-1-5-11(13)19(31)32)9-33-20-29-16-17(25)26-10-27-18(16)30-20/h1-8,10H,9H2,(H3,25,26,27,29,30). The summed E-state index contributed by atoms with van der Waals surface area (Å²) in [7, 11) is 0. The van der Waals surface area contributed by atoms with Crippen LogP contribution in [-0.2, 0) is 11.9 Å². The van der Waals surface area contributed by atoms with Gasteiger partial charge >= 0.3 is 6.18 Å². The summed E-state index contributed by atoms with van der Waals surface area (Å²) in [4.78, 5) is 33.0. The molecular formula is C21H14F3N7OS. The fourth-order valence-corrected chi connectivity index (χ4v) is 4.24. The van der Waals surface area contributed by atoms with Gasteiger partial charge in [0, 0.05) is 0 Å². The van der Waals surface area contributed by atoms with Crippen LogP contribution in [0.15, 0.2) is 64.8 Å². The van der Waals surface area contributed by atoms with Gasteiger partial charge < -0.3 is 10.7 Å². The number of benzene rings is 2. The third-order valence-corrected chi connectivity index (χ3v) is 5.80. The molecule has 0 bridgehead atoms. The number of nitrogens with one attached hydrogen (secondary N) is 1. The Hall–Kier alpha value is -3.93. The minimum atomic E-state index is -4.65. The van der Waals surface area contributed by atoms with Gasteiger partial charge in [-0.25, -0.2) is 19.9 Å². The number of alkyl halides is 3. The van der Waals surface area contributed by atoms with Crippen LogP contribution in [0.3, 0.4) is 0 Å². The Morgan fingerprint density at radius 2 is 1.79 bits per heavy atom. The predicted molar refractivity (Wildman–Crippen MR) is 118 cm³/mol. The van der Waals surface area contributed by atoms with Crippen LogP contribution < -0.4 is 11.3 Å². The molecule has 5 aromatic rings. The summed E-state index contributed by atoms with van der Waals surface area (Å²) in [6, 6.07) is 11.4. The zero-order valence-electron chi connectivity index (χ0n) is 16.7. The molecule has 0 unspecified atom stereocenters. The van der Waals surface area contributed by atoms with Gasteiger partial charge in [-0.1, -0.05) is 36.0 Å². The Kier molecular flexibility index (Phi) is 5.01. The average molecular weight is 469 g/mol. The second-order valence-electron chi connectivity index (χ2n) is 6.99. The summed E-state index contributed by atoms with van der Waals surface area (Å²) in [5, 5.41) is 0.630. The van der Waals surface area contributed by atoms with E-state index in [0.29, 0.717) is 21.8 Å². The highest BCUT2D eigenvalue weighted by Crippen LogP contribution is 2.34. The van der Waals surface area contributed by atoms with Crippen molar-refractivity contribution < 1.29 is 13.2 Å². The summed E-state index contributed by atoms with van der Waals surface area (Å²) in [6.45, 7) is 0. The SMILES string of the molecule is Nc1ncnc2nc(SCc3nc4ccccc4c(=O)n3-c3ccccc3C(F)(F)F)[nH]c12. The van der Waals surface area contributed by atoms with Crippen LogP contribution in [0.25, 0.3) is 27.8 Å². The molecule has 0 atom stereocenters. The minimum absolute atomic E-state index is 0.0550. The molecule has 33 heavy (non-hydrogen) atoms. The van der Waals surface area contributed by atoms with E-state index >= 15 is 0 Å². The van der Waals surface area contributed by atoms with Crippen molar-refractivity contribution in [2.45, 2.75) is 17.1 Å². The Morgan fingerprint density at radius 1 is 1.03 bits per heavy atom. The van der Waals surface area contributed by atoms with Crippen LogP contribution in [0.5, 0.6) is 0 Å². The molecular weight excluding hydrogens is 455 g/mol. The van der Waals surface area contributed by atoms with Crippen molar-refractivity contribution in [1.29, 1.82) is 0 Å². The fraction of sp³-hybridized carbons (Fsp3) is 0.0952. The second-order valence-corrected chi connectivity index (χ2v) is 7.95. The molecule has 0 radical (unpaired) electrons. The van der Waals surface area contributed by atoms with Crippen LogP contribution in [0.4, 0.5) is 19.0 Å². The van der Waals surface area contributed by atoms with Crippen molar-refractivity contribution >= 4 is 39.6 Å². The first-order valence-electron chi connectivity index (χ1n) is 9.59. The molecule has 0 saturated heterocycles. The van der Waals surface area contributed by atoms with Gasteiger partial charge in [-0.15, -0.1) is 0 Å². The number of thioether (sulfide) groups is 1. The first-order chi connectivity index (χ1) is 15.8. The second kappa shape index (κ2) is 7.89. The summed E-state index contributed by atoms with van der Waals surface area (Å²) < 4.78 is 42.2. The molecule has 0 aliphatic carbocycles. The summed E-state index contributed by atoms with van der Waals surface area (Å²) in [6.07, 6.45) is -3.37. The molecule has 0 aliphatic rings. The van der Waals surface area contributed by atoms with E-state index < -0.39 is 17.3 Å². The summed E-state index contributed by atoms with van der Waals surface area (Å²) >= 11 is 1.15. The van der Waals surface area contributed by atoms with Crippen molar-refractivity contribution in [3.63, 3.8) is 0 Å². The molecule has 3 N–H and O–H groups in total. The van der Waals surface area contributed by atoms with Crippen molar-refractivity contribution in [1.82, 2.24) is 29.5 Å². The molecule has 0 saturated carbocycles. The molecule has 2 aromatic carbocycles. The largest absolute Gasteiger partial charge is 0.418 e. The van der Waals surface area contributed by atoms with Gasteiger partial charge in [0.15, 0.2) is 16.6 Å². The highest BCUT2D eigenvalue weighted by molar-refractivity contribution is 7.98. The van der Waals surface area contributed by atoms with Gasteiger partial charge in [0.2, 0.25) is 0 Å². The lowest BCUT2D eigenvalue weighted by molar-refractivity contribution is -0.137. The first-order valence-corrected chi connectivity index (χ1v) is 10.6. The minimum Gasteiger partial charge on any atom is -0.382 e. The number of rotatable bonds is 4. The number of fused-ring (bicyclic) bond motifs is 2. The number of anilines is 1. The molecule has 0 fully saturated rings. The normalized spacial score (nSPS) is 12.0. The number of para-hydroxylation sites is 2. The van der Waals surface area contributed by atoms with Crippen molar-refractivity contribution in [3.8, 4) is 5.69 Å². The van der Waals surface area contributed by atoms with Gasteiger partial charge in [-0.2, -0.15) is 13.2 Å². The number of nitrogens with two attached hydrogens (primary N) is 1. The lowest BCUT2D eigenvalue weighted by atomic mass is 10.1. The Bertz CT molecular complexity index is 1560. The van der Waals surface area contributed by atoms with Gasteiger partial charge in [0.05, 0.1) is 27.9 Å². The van der Waals surface area contributed by atoms with Gasteiger partial charge in [0.25, 0.3) is 5.56 Å². The molecule has 12 heteroatoms. The predicted octanol–water partition coefficient (Wildman–Crippen LogP) is 3.95. The summed E-state index contributed by atoms with van der Waals surface area (Å²) in [5.41, 5.74) is 5.21. The van der Waals surface area contributed by atoms with Crippen LogP contribution in [0.2, 0.25) is 0 Å². The van der Waals surface area contributed by atoms with E-state index in [1.807, 2.05) is 0 Å². The molecule has 3 aromatic heterocycles.